The zero-order valence-corrected chi connectivity index (χ0v) is 21.3. The summed E-state index contributed by atoms with van der Waals surface area (Å²) in [6.45, 7) is 0.0584. The van der Waals surface area contributed by atoms with Crippen molar-refractivity contribution in [3.63, 3.8) is 0 Å². The molecule has 15 heteroatoms. The van der Waals surface area contributed by atoms with Gasteiger partial charge in [-0.2, -0.15) is 0 Å². The number of rotatable bonds is 10. The molecule has 2 heterocycles. The molecule has 1 saturated heterocycles. The van der Waals surface area contributed by atoms with Gasteiger partial charge in [0.25, 0.3) is 11.4 Å². The highest BCUT2D eigenvalue weighted by Gasteiger charge is 2.57. The molecule has 0 bridgehead atoms. The third-order valence-corrected chi connectivity index (χ3v) is 7.44. The topological polar surface area (TPSA) is 161 Å². The summed E-state index contributed by atoms with van der Waals surface area (Å²) in [5.74, 6) is -3.43. The number of esters is 1. The molecule has 6 atom stereocenters. The zero-order chi connectivity index (χ0) is 26.7. The Hall–Kier alpha value is -2.45. The lowest BCUT2D eigenvalue weighted by molar-refractivity contribution is -0.203. The van der Waals surface area contributed by atoms with Gasteiger partial charge in [0.15, 0.2) is 6.23 Å². The lowest BCUT2D eigenvalue weighted by Crippen LogP contribution is -2.44. The van der Waals surface area contributed by atoms with Gasteiger partial charge < -0.3 is 28.7 Å². The number of carbonyl (C=O) groups excluding carboxylic acids is 1. The second-order valence-electron chi connectivity index (χ2n) is 8.26. The number of H-pyrrole nitrogens is 1. The van der Waals surface area contributed by atoms with Gasteiger partial charge in [-0.25, -0.2) is 14.3 Å². The van der Waals surface area contributed by atoms with Gasteiger partial charge in [-0.3, -0.25) is 19.1 Å². The summed E-state index contributed by atoms with van der Waals surface area (Å²) in [7, 11) is 0. The lowest BCUT2D eigenvalue weighted by atomic mass is 10.1. The predicted octanol–water partition coefficient (Wildman–Crippen LogP) is 0.703. The minimum Gasteiger partial charge on any atom is -0.462 e. The van der Waals surface area contributed by atoms with E-state index in [1.165, 1.54) is 6.92 Å². The van der Waals surface area contributed by atoms with Crippen LogP contribution in [0.15, 0.2) is 52.2 Å². The number of halogens is 1. The van der Waals surface area contributed by atoms with Crippen molar-refractivity contribution in [2.24, 2.45) is 0 Å². The Bertz CT molecular complexity index is 1230. The molecular weight excluding hydrogens is 520 g/mol. The minimum absolute atomic E-state index is 0.260. The Morgan fingerprint density at radius 2 is 1.94 bits per heavy atom. The number of benzene rings is 1. The Kier molecular flexibility index (Phi) is 8.83. The number of aliphatic hydroxyl groups excluding tert-OH is 2. The number of aromatic nitrogens is 2. The van der Waals surface area contributed by atoms with Crippen LogP contribution in [-0.4, -0.2) is 62.5 Å². The third kappa shape index (κ3) is 6.65. The van der Waals surface area contributed by atoms with Gasteiger partial charge in [0.05, 0.1) is 6.10 Å². The maximum Gasteiger partial charge on any atom is 0.330 e. The molecule has 1 aromatic heterocycles. The van der Waals surface area contributed by atoms with Gasteiger partial charge in [-0.15, -0.1) is 0 Å². The summed E-state index contributed by atoms with van der Waals surface area (Å²) in [5, 5.41) is 23.5. The monoisotopic (exact) mass is 547 g/mol. The van der Waals surface area contributed by atoms with E-state index in [4.69, 9.17) is 30.3 Å². The Morgan fingerprint density at radius 3 is 2.56 bits per heavy atom. The molecule has 1 fully saturated rings. The molecule has 12 nitrogen and oxygen atoms in total. The summed E-state index contributed by atoms with van der Waals surface area (Å²) < 4.78 is 38.1. The molecule has 4 N–H and O–H groups in total. The van der Waals surface area contributed by atoms with Crippen LogP contribution in [-0.2, 0) is 30.6 Å². The molecule has 0 aliphatic carbocycles. The smallest absolute Gasteiger partial charge is 0.330 e. The SMILES string of the molecule is CC(C)OC(=O)[C@@H](C)NP(=S)(OC[C@@]1(F)O[C@@H](n2ccc(=O)[nH]c2=O)[C@H](O)[C@@H]1O)Oc1ccccc1. The first-order chi connectivity index (χ1) is 16.8. The van der Waals surface area contributed by atoms with Gasteiger partial charge >= 0.3 is 18.3 Å². The molecule has 0 amide bonds. The number of ether oxygens (including phenoxy) is 2. The van der Waals surface area contributed by atoms with Crippen molar-refractivity contribution >= 4 is 24.4 Å². The highest BCUT2D eigenvalue weighted by atomic mass is 32.5. The van der Waals surface area contributed by atoms with Gasteiger partial charge in [0.2, 0.25) is 0 Å². The zero-order valence-electron chi connectivity index (χ0n) is 19.6. The first-order valence-corrected chi connectivity index (χ1v) is 13.5. The number of nitrogens with one attached hydrogen (secondary N) is 2. The van der Waals surface area contributed by atoms with E-state index in [1.807, 2.05) is 4.98 Å². The fourth-order valence-electron chi connectivity index (χ4n) is 3.23. The van der Waals surface area contributed by atoms with Crippen LogP contribution in [0.2, 0.25) is 0 Å². The van der Waals surface area contributed by atoms with E-state index in [0.717, 1.165) is 16.8 Å². The van der Waals surface area contributed by atoms with Gasteiger partial charge in [0.1, 0.15) is 30.6 Å². The van der Waals surface area contributed by atoms with E-state index in [2.05, 4.69) is 5.09 Å². The second kappa shape index (κ2) is 11.3. The van der Waals surface area contributed by atoms with Crippen molar-refractivity contribution in [3.05, 3.63) is 63.4 Å². The standard InChI is InChI=1S/C21H27FN3O9PS/c1-12(2)32-19(29)13(3)24-35(36,34-14-7-5-4-6-8-14)31-11-21(22)17(28)16(27)18(33-21)25-10-9-15(26)23-20(25)30/h4-10,12-13,16-18,27-28H,11H2,1-3H3,(H,24,36)(H,23,26,30)/t13-,16-,17+,18-,21-,35?/m1/s1. The number of alkyl halides is 1. The van der Waals surface area contributed by atoms with E-state index >= 15 is 4.39 Å². The summed E-state index contributed by atoms with van der Waals surface area (Å²) in [6, 6.07) is 8.14. The van der Waals surface area contributed by atoms with Crippen LogP contribution in [0.3, 0.4) is 0 Å². The Labute approximate surface area is 210 Å². The number of hydrogen-bond acceptors (Lipinski definition) is 10. The van der Waals surface area contributed by atoms with Crippen molar-refractivity contribution < 1.29 is 37.9 Å². The largest absolute Gasteiger partial charge is 0.462 e. The molecule has 0 saturated carbocycles. The molecule has 0 radical (unpaired) electrons. The van der Waals surface area contributed by atoms with Gasteiger partial charge in [0, 0.05) is 12.3 Å². The fraction of sp³-hybridized carbons (Fsp3) is 0.476. The third-order valence-electron chi connectivity index (χ3n) is 4.96. The van der Waals surface area contributed by atoms with E-state index < -0.39 is 66.9 Å². The van der Waals surface area contributed by atoms with Crippen LogP contribution in [0.4, 0.5) is 4.39 Å². The highest BCUT2D eigenvalue weighted by Crippen LogP contribution is 2.48. The second-order valence-corrected chi connectivity index (χ2v) is 11.4. The van der Waals surface area contributed by atoms with Crippen molar-refractivity contribution in [2.75, 3.05) is 6.61 Å². The first kappa shape index (κ1) is 28.1. The van der Waals surface area contributed by atoms with Crippen LogP contribution < -0.4 is 20.9 Å². The normalized spacial score (nSPS) is 26.4. The van der Waals surface area contributed by atoms with E-state index in [-0.39, 0.29) is 5.75 Å². The van der Waals surface area contributed by atoms with Gasteiger partial charge in [-0.05, 0) is 44.7 Å². The number of para-hydroxylation sites is 1. The van der Waals surface area contributed by atoms with E-state index in [0.29, 0.717) is 0 Å². The summed E-state index contributed by atoms with van der Waals surface area (Å²) in [4.78, 5) is 37.6. The summed E-state index contributed by atoms with van der Waals surface area (Å²) >= 11 is 5.49. The first-order valence-electron chi connectivity index (χ1n) is 10.9. The molecule has 36 heavy (non-hydrogen) atoms. The molecule has 1 aromatic carbocycles. The molecular formula is C21H27FN3O9PS. The predicted molar refractivity (Wildman–Crippen MR) is 128 cm³/mol. The van der Waals surface area contributed by atoms with E-state index in [9.17, 15) is 24.6 Å². The van der Waals surface area contributed by atoms with Crippen molar-refractivity contribution in [2.45, 2.75) is 57.2 Å². The number of aliphatic hydroxyl groups is 2. The van der Waals surface area contributed by atoms with Gasteiger partial charge in [-0.1, -0.05) is 18.2 Å². The molecule has 3 rings (SSSR count). The van der Waals surface area contributed by atoms with Crippen molar-refractivity contribution in [1.29, 1.82) is 0 Å². The van der Waals surface area contributed by atoms with Crippen LogP contribution in [0.1, 0.15) is 27.0 Å². The minimum atomic E-state index is -3.69. The number of hydrogen-bond donors (Lipinski definition) is 4. The lowest BCUT2D eigenvalue weighted by Gasteiger charge is -2.30. The molecule has 1 aliphatic heterocycles. The number of nitrogens with zero attached hydrogens (tertiary/aromatic N) is 1. The molecule has 0 spiro atoms. The number of aromatic amines is 1. The quantitative estimate of drug-likeness (QED) is 0.245. The molecule has 1 unspecified atom stereocenters. The molecule has 2 aromatic rings. The average Bonchev–Trinajstić information content (AvgIpc) is 3.02. The maximum absolute atomic E-state index is 15.7. The maximum atomic E-state index is 15.7. The van der Waals surface area contributed by atoms with Crippen LogP contribution in [0.5, 0.6) is 5.75 Å². The number of carbonyl (C=O) groups is 1. The van der Waals surface area contributed by atoms with Crippen LogP contribution in [0, 0.1) is 0 Å². The van der Waals surface area contributed by atoms with Crippen LogP contribution >= 0.6 is 6.64 Å². The van der Waals surface area contributed by atoms with E-state index in [1.54, 1.807) is 44.2 Å². The Morgan fingerprint density at radius 1 is 1.28 bits per heavy atom. The van der Waals surface area contributed by atoms with Crippen LogP contribution in [0.25, 0.3) is 0 Å². The summed E-state index contributed by atoms with van der Waals surface area (Å²) in [6.07, 6.45) is -5.16. The fourth-order valence-corrected chi connectivity index (χ4v) is 5.62. The highest BCUT2D eigenvalue weighted by molar-refractivity contribution is 8.09. The van der Waals surface area contributed by atoms with Crippen molar-refractivity contribution in [1.82, 2.24) is 14.6 Å². The Balaban J connectivity index is 1.81. The average molecular weight is 547 g/mol. The van der Waals surface area contributed by atoms with Crippen molar-refractivity contribution in [3.8, 4) is 5.75 Å². The molecule has 198 valence electrons. The molecule has 1 aliphatic rings. The summed E-state index contributed by atoms with van der Waals surface area (Å²) in [5.41, 5.74) is -1.70.